The van der Waals surface area contributed by atoms with Crippen LogP contribution in [0.3, 0.4) is 0 Å². The van der Waals surface area contributed by atoms with Gasteiger partial charge in [-0.25, -0.2) is 14.8 Å². The summed E-state index contributed by atoms with van der Waals surface area (Å²) < 4.78 is 0. The molecule has 7 heteroatoms. The Morgan fingerprint density at radius 3 is 2.57 bits per heavy atom. The fraction of sp³-hybridized carbons (Fsp3) is 0.667. The third-order valence-electron chi connectivity index (χ3n) is 6.55. The van der Waals surface area contributed by atoms with Crippen LogP contribution in [0.1, 0.15) is 43.0 Å². The SMILES string of the molecule is CC1CCc2c(sc3ncnc(N4CCN(C(=O)N5CCCCC5)CC4)c23)C1. The van der Waals surface area contributed by atoms with E-state index in [1.807, 2.05) is 21.1 Å². The van der Waals surface area contributed by atoms with Crippen molar-refractivity contribution in [2.24, 2.45) is 5.92 Å². The third kappa shape index (κ3) is 3.23. The Morgan fingerprint density at radius 1 is 1.04 bits per heavy atom. The molecule has 2 aromatic heterocycles. The summed E-state index contributed by atoms with van der Waals surface area (Å²) in [4.78, 5) is 31.2. The summed E-state index contributed by atoms with van der Waals surface area (Å²) in [5.41, 5.74) is 1.49. The van der Waals surface area contributed by atoms with E-state index in [0.717, 1.165) is 75.1 Å². The number of urea groups is 1. The topological polar surface area (TPSA) is 52.6 Å². The molecule has 2 amide bonds. The minimum Gasteiger partial charge on any atom is -0.352 e. The number of likely N-dealkylation sites (tertiary alicyclic amines) is 1. The highest BCUT2D eigenvalue weighted by Gasteiger charge is 2.29. The van der Waals surface area contributed by atoms with E-state index in [1.165, 1.54) is 35.1 Å². The van der Waals surface area contributed by atoms with Gasteiger partial charge in [0, 0.05) is 44.1 Å². The normalized spacial score (nSPS) is 23.2. The smallest absolute Gasteiger partial charge is 0.320 e. The van der Waals surface area contributed by atoms with Gasteiger partial charge in [0.05, 0.1) is 5.39 Å². The van der Waals surface area contributed by atoms with Crippen LogP contribution in [0.15, 0.2) is 6.33 Å². The fourth-order valence-corrected chi connectivity index (χ4v) is 6.24. The Morgan fingerprint density at radius 2 is 1.79 bits per heavy atom. The van der Waals surface area contributed by atoms with Gasteiger partial charge in [0.1, 0.15) is 17.0 Å². The van der Waals surface area contributed by atoms with E-state index in [9.17, 15) is 4.79 Å². The van der Waals surface area contributed by atoms with Crippen LogP contribution in [0.2, 0.25) is 0 Å². The first-order valence-corrected chi connectivity index (χ1v) is 11.6. The molecule has 3 aliphatic rings. The molecule has 1 aliphatic carbocycles. The lowest BCUT2D eigenvalue weighted by Gasteiger charge is -2.39. The zero-order chi connectivity index (χ0) is 19.1. The zero-order valence-corrected chi connectivity index (χ0v) is 17.5. The number of nitrogens with zero attached hydrogens (tertiary/aromatic N) is 5. The maximum Gasteiger partial charge on any atom is 0.320 e. The molecule has 28 heavy (non-hydrogen) atoms. The minimum absolute atomic E-state index is 0.231. The number of hydrogen-bond donors (Lipinski definition) is 0. The number of aromatic nitrogens is 2. The predicted octanol–water partition coefficient (Wildman–Crippen LogP) is 3.54. The van der Waals surface area contributed by atoms with Gasteiger partial charge in [-0.15, -0.1) is 11.3 Å². The highest BCUT2D eigenvalue weighted by molar-refractivity contribution is 7.19. The van der Waals surface area contributed by atoms with Crippen molar-refractivity contribution in [2.45, 2.75) is 45.4 Å². The maximum absolute atomic E-state index is 12.8. The number of piperidine rings is 1. The minimum atomic E-state index is 0.231. The molecule has 0 N–H and O–H groups in total. The molecule has 5 rings (SSSR count). The number of carbonyl (C=O) groups excluding carboxylic acids is 1. The van der Waals surface area contributed by atoms with Crippen molar-refractivity contribution >= 4 is 33.4 Å². The number of hydrogen-bond acceptors (Lipinski definition) is 5. The zero-order valence-electron chi connectivity index (χ0n) is 16.7. The first kappa shape index (κ1) is 18.2. The van der Waals surface area contributed by atoms with Crippen molar-refractivity contribution in [1.29, 1.82) is 0 Å². The average molecular weight is 400 g/mol. The monoisotopic (exact) mass is 399 g/mol. The second kappa shape index (κ2) is 7.50. The van der Waals surface area contributed by atoms with Crippen molar-refractivity contribution in [3.63, 3.8) is 0 Å². The first-order chi connectivity index (χ1) is 13.7. The summed E-state index contributed by atoms with van der Waals surface area (Å²) in [6, 6.07) is 0.231. The Kier molecular flexibility index (Phi) is 4.87. The number of rotatable bonds is 1. The van der Waals surface area contributed by atoms with E-state index in [-0.39, 0.29) is 6.03 Å². The van der Waals surface area contributed by atoms with Crippen LogP contribution in [0.4, 0.5) is 10.6 Å². The summed E-state index contributed by atoms with van der Waals surface area (Å²) in [5, 5.41) is 1.28. The predicted molar refractivity (Wildman–Crippen MR) is 113 cm³/mol. The number of amides is 2. The molecule has 1 atom stereocenters. The molecule has 4 heterocycles. The summed E-state index contributed by atoms with van der Waals surface area (Å²) >= 11 is 1.86. The van der Waals surface area contributed by atoms with Gasteiger partial charge >= 0.3 is 6.03 Å². The molecule has 2 saturated heterocycles. The van der Waals surface area contributed by atoms with Gasteiger partial charge in [-0.3, -0.25) is 0 Å². The molecule has 0 aromatic carbocycles. The van der Waals surface area contributed by atoms with Crippen molar-refractivity contribution in [3.05, 3.63) is 16.8 Å². The van der Waals surface area contributed by atoms with Crippen LogP contribution in [0.5, 0.6) is 0 Å². The van der Waals surface area contributed by atoms with Crippen LogP contribution in [-0.2, 0) is 12.8 Å². The molecule has 2 fully saturated rings. The van der Waals surface area contributed by atoms with Gasteiger partial charge in [0.25, 0.3) is 0 Å². The van der Waals surface area contributed by atoms with E-state index in [2.05, 4.69) is 16.8 Å². The van der Waals surface area contributed by atoms with Gasteiger partial charge in [-0.05, 0) is 50.0 Å². The second-order valence-corrected chi connectivity index (χ2v) is 9.62. The Hall–Kier alpha value is -1.89. The van der Waals surface area contributed by atoms with Gasteiger partial charge < -0.3 is 14.7 Å². The summed E-state index contributed by atoms with van der Waals surface area (Å²) in [5.74, 6) is 1.85. The highest BCUT2D eigenvalue weighted by atomic mass is 32.1. The van der Waals surface area contributed by atoms with E-state index in [0.29, 0.717) is 0 Å². The molecule has 1 unspecified atom stereocenters. The number of anilines is 1. The van der Waals surface area contributed by atoms with Crippen molar-refractivity contribution < 1.29 is 4.79 Å². The van der Waals surface area contributed by atoms with E-state index < -0.39 is 0 Å². The van der Waals surface area contributed by atoms with Gasteiger partial charge in [0.2, 0.25) is 0 Å². The van der Waals surface area contributed by atoms with Gasteiger partial charge in [-0.2, -0.15) is 0 Å². The number of fused-ring (bicyclic) bond motifs is 3. The van der Waals surface area contributed by atoms with Crippen LogP contribution in [0, 0.1) is 5.92 Å². The largest absolute Gasteiger partial charge is 0.352 e. The van der Waals surface area contributed by atoms with E-state index in [4.69, 9.17) is 4.98 Å². The van der Waals surface area contributed by atoms with Crippen LogP contribution in [0.25, 0.3) is 10.2 Å². The summed E-state index contributed by atoms with van der Waals surface area (Å²) in [7, 11) is 0. The van der Waals surface area contributed by atoms with Crippen molar-refractivity contribution in [1.82, 2.24) is 19.8 Å². The first-order valence-electron chi connectivity index (χ1n) is 10.7. The maximum atomic E-state index is 12.8. The van der Waals surface area contributed by atoms with Gasteiger partial charge in [0.15, 0.2) is 0 Å². The molecule has 150 valence electrons. The third-order valence-corrected chi connectivity index (χ3v) is 7.71. The molecular formula is C21H29N5OS. The van der Waals surface area contributed by atoms with Crippen LogP contribution in [-0.4, -0.2) is 65.1 Å². The lowest BCUT2D eigenvalue weighted by molar-refractivity contribution is 0.141. The van der Waals surface area contributed by atoms with E-state index in [1.54, 1.807) is 6.33 Å². The molecule has 2 aromatic rings. The van der Waals surface area contributed by atoms with Crippen molar-refractivity contribution in [2.75, 3.05) is 44.2 Å². The van der Waals surface area contributed by atoms with E-state index >= 15 is 0 Å². The summed E-state index contributed by atoms with van der Waals surface area (Å²) in [6.45, 7) is 7.46. The number of piperazine rings is 1. The lowest BCUT2D eigenvalue weighted by atomic mass is 9.89. The fourth-order valence-electron chi connectivity index (χ4n) is 4.89. The quantitative estimate of drug-likeness (QED) is 0.736. The summed E-state index contributed by atoms with van der Waals surface area (Å²) in [6.07, 6.45) is 8.84. The molecular weight excluding hydrogens is 370 g/mol. The number of aryl methyl sites for hydroxylation is 1. The Bertz CT molecular complexity index is 867. The van der Waals surface area contributed by atoms with Crippen molar-refractivity contribution in [3.8, 4) is 0 Å². The van der Waals surface area contributed by atoms with Gasteiger partial charge in [-0.1, -0.05) is 6.92 Å². The van der Waals surface area contributed by atoms with Crippen LogP contribution >= 0.6 is 11.3 Å². The highest BCUT2D eigenvalue weighted by Crippen LogP contribution is 2.40. The standard InChI is InChI=1S/C21H29N5OS/c1-15-5-6-16-17(13-15)28-20-18(16)19(22-14-23-20)24-9-11-26(12-10-24)21(27)25-7-3-2-4-8-25/h14-15H,2-13H2,1H3. The molecule has 0 saturated carbocycles. The molecule has 0 bridgehead atoms. The molecule has 0 spiro atoms. The lowest BCUT2D eigenvalue weighted by Crippen LogP contribution is -2.53. The molecule has 6 nitrogen and oxygen atoms in total. The average Bonchev–Trinajstić information content (AvgIpc) is 3.11. The second-order valence-electron chi connectivity index (χ2n) is 8.53. The number of thiophene rings is 1. The van der Waals surface area contributed by atoms with Crippen LogP contribution < -0.4 is 4.90 Å². The Labute approximate surface area is 170 Å². The molecule has 2 aliphatic heterocycles. The Balaban J connectivity index is 1.34. The molecule has 0 radical (unpaired) electrons. The number of carbonyl (C=O) groups is 1.